The monoisotopic (exact) mass is 263 g/mol. The van der Waals surface area contributed by atoms with E-state index in [-0.39, 0.29) is 0 Å². The summed E-state index contributed by atoms with van der Waals surface area (Å²) in [6.07, 6.45) is 2.49. The lowest BCUT2D eigenvalue weighted by molar-refractivity contribution is 0.279. The number of aryl methyl sites for hydroxylation is 2. The van der Waals surface area contributed by atoms with Crippen LogP contribution in [0.1, 0.15) is 37.8 Å². The minimum atomic E-state index is 0.342. The van der Waals surface area contributed by atoms with Crippen LogP contribution in [0.4, 0.5) is 0 Å². The molecule has 0 heterocycles. The van der Waals surface area contributed by atoms with E-state index in [4.69, 9.17) is 5.73 Å². The Balaban J connectivity index is 2.12. The smallest absolute Gasteiger partial charge is 0.0272 e. The van der Waals surface area contributed by atoms with E-state index in [9.17, 15) is 0 Å². The predicted molar refractivity (Wildman–Crippen MR) is 81.1 cm³/mol. The summed E-state index contributed by atoms with van der Waals surface area (Å²) in [5.41, 5.74) is 9.09. The van der Waals surface area contributed by atoms with Crippen molar-refractivity contribution in [2.75, 3.05) is 0 Å². The fraction of sp³-hybridized carbons (Fsp3) is 0.625. The Morgan fingerprint density at radius 2 is 1.89 bits per heavy atom. The Morgan fingerprint density at radius 1 is 1.17 bits per heavy atom. The van der Waals surface area contributed by atoms with Crippen LogP contribution < -0.4 is 5.73 Å². The maximum Gasteiger partial charge on any atom is 0.0272 e. The zero-order valence-electron chi connectivity index (χ0n) is 11.9. The minimum absolute atomic E-state index is 0.342. The van der Waals surface area contributed by atoms with Gasteiger partial charge in [0.2, 0.25) is 0 Å². The molecule has 0 aromatic heterocycles. The molecule has 0 amide bonds. The quantitative estimate of drug-likeness (QED) is 0.867. The maximum atomic E-state index is 6.37. The Hall–Kier alpha value is -0.470. The fourth-order valence-corrected chi connectivity index (χ4v) is 4.48. The summed E-state index contributed by atoms with van der Waals surface area (Å²) in [6, 6.07) is 7.07. The number of thioether (sulfide) groups is 1. The van der Waals surface area contributed by atoms with Crippen molar-refractivity contribution in [1.29, 1.82) is 0 Å². The van der Waals surface area contributed by atoms with Gasteiger partial charge in [0.15, 0.2) is 0 Å². The summed E-state index contributed by atoms with van der Waals surface area (Å²) >= 11 is 1.99. The molecule has 1 aliphatic carbocycles. The highest BCUT2D eigenvalue weighted by molar-refractivity contribution is 8.00. The Morgan fingerprint density at radius 3 is 2.50 bits per heavy atom. The minimum Gasteiger partial charge on any atom is -0.327 e. The lowest BCUT2D eigenvalue weighted by atomic mass is 9.80. The largest absolute Gasteiger partial charge is 0.327 e. The van der Waals surface area contributed by atoms with Crippen LogP contribution in [-0.2, 0) is 0 Å². The van der Waals surface area contributed by atoms with Crippen LogP contribution in [0.25, 0.3) is 0 Å². The van der Waals surface area contributed by atoms with Crippen molar-refractivity contribution in [3.8, 4) is 0 Å². The third-order valence-electron chi connectivity index (χ3n) is 4.03. The van der Waals surface area contributed by atoms with Crippen molar-refractivity contribution in [3.63, 3.8) is 0 Å². The predicted octanol–water partition coefficient (Wildman–Crippen LogP) is 4.16. The molecule has 0 radical (unpaired) electrons. The van der Waals surface area contributed by atoms with E-state index in [0.717, 1.165) is 11.8 Å². The topological polar surface area (TPSA) is 26.0 Å². The molecule has 1 aromatic rings. The van der Waals surface area contributed by atoms with E-state index in [1.807, 2.05) is 11.8 Å². The molecular formula is C16H25NS. The molecule has 100 valence electrons. The van der Waals surface area contributed by atoms with Crippen LogP contribution in [0.15, 0.2) is 23.1 Å². The van der Waals surface area contributed by atoms with E-state index in [1.165, 1.54) is 28.9 Å². The molecule has 2 heteroatoms. The van der Waals surface area contributed by atoms with E-state index in [1.54, 1.807) is 0 Å². The second-order valence-electron chi connectivity index (χ2n) is 6.07. The first-order valence-electron chi connectivity index (χ1n) is 6.97. The SMILES string of the molecule is Cc1ccc(SC2C(C)CC(C)CC2N)c(C)c1. The number of hydrogen-bond donors (Lipinski definition) is 1. The van der Waals surface area contributed by atoms with Crippen molar-refractivity contribution in [2.24, 2.45) is 17.6 Å². The summed E-state index contributed by atoms with van der Waals surface area (Å²) < 4.78 is 0. The van der Waals surface area contributed by atoms with Gasteiger partial charge in [-0.25, -0.2) is 0 Å². The van der Waals surface area contributed by atoms with Crippen molar-refractivity contribution in [2.45, 2.75) is 56.7 Å². The van der Waals surface area contributed by atoms with Gasteiger partial charge in [0, 0.05) is 16.2 Å². The highest BCUT2D eigenvalue weighted by atomic mass is 32.2. The van der Waals surface area contributed by atoms with Gasteiger partial charge in [0.1, 0.15) is 0 Å². The summed E-state index contributed by atoms with van der Waals surface area (Å²) in [5.74, 6) is 1.50. The van der Waals surface area contributed by atoms with E-state index in [2.05, 4.69) is 45.9 Å². The van der Waals surface area contributed by atoms with Crippen LogP contribution in [0.3, 0.4) is 0 Å². The molecule has 18 heavy (non-hydrogen) atoms. The van der Waals surface area contributed by atoms with Gasteiger partial charge >= 0.3 is 0 Å². The standard InChI is InChI=1S/C16H25NS/c1-10-5-6-15(12(3)7-10)18-16-13(4)8-11(2)9-14(16)17/h5-7,11,13-14,16H,8-9,17H2,1-4H3. The molecule has 4 unspecified atom stereocenters. The van der Waals surface area contributed by atoms with Crippen molar-refractivity contribution < 1.29 is 0 Å². The van der Waals surface area contributed by atoms with Crippen LogP contribution in [-0.4, -0.2) is 11.3 Å². The van der Waals surface area contributed by atoms with E-state index >= 15 is 0 Å². The number of rotatable bonds is 2. The third kappa shape index (κ3) is 3.10. The summed E-state index contributed by atoms with van der Waals surface area (Å²) in [7, 11) is 0. The van der Waals surface area contributed by atoms with Gasteiger partial charge < -0.3 is 5.73 Å². The highest BCUT2D eigenvalue weighted by Crippen LogP contribution is 2.39. The van der Waals surface area contributed by atoms with Gasteiger partial charge in [-0.2, -0.15) is 0 Å². The third-order valence-corrected chi connectivity index (χ3v) is 5.82. The molecule has 2 rings (SSSR count). The summed E-state index contributed by atoms with van der Waals surface area (Å²) in [4.78, 5) is 1.41. The molecular weight excluding hydrogens is 238 g/mol. The first-order chi connectivity index (χ1) is 8.47. The molecule has 1 aliphatic rings. The number of benzene rings is 1. The van der Waals surface area contributed by atoms with E-state index in [0.29, 0.717) is 11.3 Å². The molecule has 1 nitrogen and oxygen atoms in total. The second-order valence-corrected chi connectivity index (χ2v) is 7.29. The van der Waals surface area contributed by atoms with Crippen LogP contribution in [0, 0.1) is 25.7 Å². The van der Waals surface area contributed by atoms with Crippen molar-refractivity contribution in [3.05, 3.63) is 29.3 Å². The Labute approximate surface area is 116 Å². The van der Waals surface area contributed by atoms with Crippen molar-refractivity contribution >= 4 is 11.8 Å². The Kier molecular flexibility index (Phi) is 4.39. The lowest BCUT2D eigenvalue weighted by Gasteiger charge is -2.37. The average molecular weight is 263 g/mol. The maximum absolute atomic E-state index is 6.37. The van der Waals surface area contributed by atoms with Crippen LogP contribution in [0.2, 0.25) is 0 Å². The van der Waals surface area contributed by atoms with Crippen LogP contribution >= 0.6 is 11.8 Å². The Bertz CT molecular complexity index is 404. The highest BCUT2D eigenvalue weighted by Gasteiger charge is 2.32. The van der Waals surface area contributed by atoms with Gasteiger partial charge in [-0.1, -0.05) is 31.5 Å². The molecule has 0 spiro atoms. The first kappa shape index (κ1) is 14.0. The molecule has 0 saturated heterocycles. The van der Waals surface area contributed by atoms with Gasteiger partial charge in [-0.3, -0.25) is 0 Å². The molecule has 0 aliphatic heterocycles. The summed E-state index contributed by atoms with van der Waals surface area (Å²) in [5, 5.41) is 0.572. The van der Waals surface area contributed by atoms with Gasteiger partial charge in [0.05, 0.1) is 0 Å². The molecule has 1 aromatic carbocycles. The van der Waals surface area contributed by atoms with Gasteiger partial charge in [-0.15, -0.1) is 11.8 Å². The zero-order chi connectivity index (χ0) is 13.3. The second kappa shape index (κ2) is 5.66. The molecule has 0 bridgehead atoms. The summed E-state index contributed by atoms with van der Waals surface area (Å²) in [6.45, 7) is 9.04. The molecule has 4 atom stereocenters. The fourth-order valence-electron chi connectivity index (χ4n) is 3.17. The average Bonchev–Trinajstić information content (AvgIpc) is 2.25. The lowest BCUT2D eigenvalue weighted by Crippen LogP contribution is -2.42. The van der Waals surface area contributed by atoms with Gasteiger partial charge in [0.25, 0.3) is 0 Å². The molecule has 2 N–H and O–H groups in total. The molecule has 1 saturated carbocycles. The number of nitrogens with two attached hydrogens (primary N) is 1. The first-order valence-corrected chi connectivity index (χ1v) is 7.85. The molecule has 1 fully saturated rings. The number of hydrogen-bond acceptors (Lipinski definition) is 2. The van der Waals surface area contributed by atoms with E-state index < -0.39 is 0 Å². The van der Waals surface area contributed by atoms with Crippen LogP contribution in [0.5, 0.6) is 0 Å². The zero-order valence-corrected chi connectivity index (χ0v) is 12.8. The van der Waals surface area contributed by atoms with Gasteiger partial charge in [-0.05, 0) is 50.2 Å². The van der Waals surface area contributed by atoms with Crippen molar-refractivity contribution in [1.82, 2.24) is 0 Å². The normalized spacial score (nSPS) is 32.5.